The van der Waals surface area contributed by atoms with Gasteiger partial charge in [-0.3, -0.25) is 4.90 Å². The van der Waals surface area contributed by atoms with Gasteiger partial charge in [0, 0.05) is 38.8 Å². The predicted octanol–water partition coefficient (Wildman–Crippen LogP) is 3.60. The standard InChI is InChI=1S/C25H34F2N6O2/c1-19-17-32(24-29-15-22(16-30-24)35-23(26)27)13-14-33(19)25(34)28-10-7-20-8-11-31(12-9-20)18-21-5-3-2-4-6-21/h2-6,15-16,19-20,23H,7-14,17-18H2,1H3,(H,28,34)/t19-/m1/s1. The van der Waals surface area contributed by atoms with E-state index in [2.05, 4.69) is 49.2 Å². The maximum absolute atomic E-state index is 12.8. The van der Waals surface area contributed by atoms with Gasteiger partial charge in [-0.05, 0) is 50.8 Å². The summed E-state index contributed by atoms with van der Waals surface area (Å²) in [6.07, 6.45) is 5.81. The molecule has 10 heteroatoms. The normalized spacial score (nSPS) is 19.7. The van der Waals surface area contributed by atoms with Gasteiger partial charge in [0.2, 0.25) is 5.95 Å². The van der Waals surface area contributed by atoms with Crippen LogP contribution in [0.4, 0.5) is 19.5 Å². The van der Waals surface area contributed by atoms with E-state index in [1.165, 1.54) is 30.8 Å². The molecule has 0 spiro atoms. The fraction of sp³-hybridized carbons (Fsp3) is 0.560. The Morgan fingerprint density at radius 1 is 1.11 bits per heavy atom. The Labute approximate surface area is 205 Å². The molecule has 1 atom stereocenters. The summed E-state index contributed by atoms with van der Waals surface area (Å²) in [6.45, 7) is 4.67. The third kappa shape index (κ3) is 7.24. The number of ether oxygens (including phenoxy) is 1. The first-order valence-corrected chi connectivity index (χ1v) is 12.3. The molecule has 1 aromatic heterocycles. The third-order valence-corrected chi connectivity index (χ3v) is 6.80. The SMILES string of the molecule is C[C@@H]1CN(c2ncc(OC(F)F)cn2)CCN1C(=O)NCCC1CCN(Cc2ccccc2)CC1. The second-order valence-electron chi connectivity index (χ2n) is 9.31. The van der Waals surface area contributed by atoms with E-state index in [-0.39, 0.29) is 17.8 Å². The molecule has 0 radical (unpaired) electrons. The van der Waals surface area contributed by atoms with Crippen LogP contribution in [0.2, 0.25) is 0 Å². The number of benzene rings is 1. The van der Waals surface area contributed by atoms with Crippen molar-refractivity contribution in [3.8, 4) is 5.75 Å². The van der Waals surface area contributed by atoms with Crippen molar-refractivity contribution in [1.82, 2.24) is 25.1 Å². The predicted molar refractivity (Wildman–Crippen MR) is 130 cm³/mol. The number of hydrogen-bond acceptors (Lipinski definition) is 6. The highest BCUT2D eigenvalue weighted by molar-refractivity contribution is 5.74. The molecule has 3 heterocycles. The molecule has 190 valence electrons. The lowest BCUT2D eigenvalue weighted by atomic mass is 9.93. The highest BCUT2D eigenvalue weighted by atomic mass is 19.3. The second kappa shape index (κ2) is 12.1. The van der Waals surface area contributed by atoms with Gasteiger partial charge in [-0.15, -0.1) is 0 Å². The first kappa shape index (κ1) is 25.1. The number of rotatable bonds is 8. The number of hydrogen-bond donors (Lipinski definition) is 1. The molecule has 4 rings (SSSR count). The zero-order chi connectivity index (χ0) is 24.6. The molecule has 2 aliphatic rings. The minimum Gasteiger partial charge on any atom is -0.432 e. The number of piperidine rings is 1. The number of halogens is 2. The van der Waals surface area contributed by atoms with Crippen LogP contribution >= 0.6 is 0 Å². The monoisotopic (exact) mass is 488 g/mol. The van der Waals surface area contributed by atoms with Crippen molar-refractivity contribution in [3.63, 3.8) is 0 Å². The Balaban J connectivity index is 1.15. The molecule has 2 aliphatic heterocycles. The van der Waals surface area contributed by atoms with Gasteiger partial charge in [0.1, 0.15) is 0 Å². The molecule has 2 aromatic rings. The van der Waals surface area contributed by atoms with Crippen molar-refractivity contribution < 1.29 is 18.3 Å². The van der Waals surface area contributed by atoms with E-state index in [0.717, 1.165) is 26.1 Å². The van der Waals surface area contributed by atoms with Gasteiger partial charge in [-0.1, -0.05) is 30.3 Å². The number of carbonyl (C=O) groups excluding carboxylic acids is 1. The molecular formula is C25H34F2N6O2. The van der Waals surface area contributed by atoms with E-state index in [9.17, 15) is 13.6 Å². The van der Waals surface area contributed by atoms with Crippen LogP contribution in [-0.4, -0.2) is 77.7 Å². The molecule has 8 nitrogen and oxygen atoms in total. The Hall–Kier alpha value is -3.01. The second-order valence-corrected chi connectivity index (χ2v) is 9.31. The van der Waals surface area contributed by atoms with Crippen LogP contribution in [0, 0.1) is 5.92 Å². The number of carbonyl (C=O) groups is 1. The van der Waals surface area contributed by atoms with Crippen molar-refractivity contribution in [2.24, 2.45) is 5.92 Å². The fourth-order valence-corrected chi connectivity index (χ4v) is 4.84. The van der Waals surface area contributed by atoms with Crippen molar-refractivity contribution in [2.45, 2.75) is 45.4 Å². The summed E-state index contributed by atoms with van der Waals surface area (Å²) < 4.78 is 28.9. The number of amides is 2. The van der Waals surface area contributed by atoms with E-state index < -0.39 is 6.61 Å². The Bertz CT molecular complexity index is 925. The number of alkyl halides is 2. The number of likely N-dealkylation sites (tertiary alicyclic amines) is 1. The largest absolute Gasteiger partial charge is 0.432 e. The number of aromatic nitrogens is 2. The number of urea groups is 1. The number of anilines is 1. The van der Waals surface area contributed by atoms with Gasteiger partial charge in [-0.2, -0.15) is 8.78 Å². The molecule has 2 amide bonds. The fourth-order valence-electron chi connectivity index (χ4n) is 4.84. The van der Waals surface area contributed by atoms with Gasteiger partial charge in [0.15, 0.2) is 5.75 Å². The molecule has 2 fully saturated rings. The zero-order valence-electron chi connectivity index (χ0n) is 20.2. The van der Waals surface area contributed by atoms with Crippen molar-refractivity contribution in [3.05, 3.63) is 48.3 Å². The lowest BCUT2D eigenvalue weighted by molar-refractivity contribution is -0.0503. The maximum Gasteiger partial charge on any atom is 0.387 e. The lowest BCUT2D eigenvalue weighted by Gasteiger charge is -2.39. The van der Waals surface area contributed by atoms with Crippen LogP contribution in [0.5, 0.6) is 5.75 Å². The number of nitrogens with zero attached hydrogens (tertiary/aromatic N) is 5. The van der Waals surface area contributed by atoms with Crippen LogP contribution in [0.25, 0.3) is 0 Å². The first-order chi connectivity index (χ1) is 17.0. The van der Waals surface area contributed by atoms with E-state index in [4.69, 9.17) is 0 Å². The minimum absolute atomic E-state index is 0.0226. The number of nitrogens with one attached hydrogen (secondary N) is 1. The van der Waals surface area contributed by atoms with E-state index >= 15 is 0 Å². The van der Waals surface area contributed by atoms with Crippen molar-refractivity contribution >= 4 is 12.0 Å². The highest BCUT2D eigenvalue weighted by Crippen LogP contribution is 2.22. The number of piperazine rings is 1. The molecule has 0 aliphatic carbocycles. The average Bonchev–Trinajstić information content (AvgIpc) is 2.86. The Morgan fingerprint density at radius 3 is 2.49 bits per heavy atom. The van der Waals surface area contributed by atoms with Crippen molar-refractivity contribution in [1.29, 1.82) is 0 Å². The van der Waals surface area contributed by atoms with Crippen LogP contribution in [0.15, 0.2) is 42.7 Å². The van der Waals surface area contributed by atoms with E-state index in [1.807, 2.05) is 22.8 Å². The van der Waals surface area contributed by atoms with Gasteiger partial charge >= 0.3 is 12.6 Å². The van der Waals surface area contributed by atoms with Gasteiger partial charge in [0.05, 0.1) is 12.4 Å². The Kier molecular flexibility index (Phi) is 8.68. The molecule has 0 unspecified atom stereocenters. The van der Waals surface area contributed by atoms with Crippen LogP contribution in [-0.2, 0) is 6.54 Å². The molecule has 1 aromatic carbocycles. The van der Waals surface area contributed by atoms with Gasteiger partial charge < -0.3 is 19.9 Å². The summed E-state index contributed by atoms with van der Waals surface area (Å²) in [7, 11) is 0. The smallest absolute Gasteiger partial charge is 0.387 e. The summed E-state index contributed by atoms with van der Waals surface area (Å²) in [5, 5.41) is 3.10. The summed E-state index contributed by atoms with van der Waals surface area (Å²) in [5.41, 5.74) is 1.36. The zero-order valence-corrected chi connectivity index (χ0v) is 20.2. The molecule has 0 saturated carbocycles. The third-order valence-electron chi connectivity index (χ3n) is 6.80. The summed E-state index contributed by atoms with van der Waals surface area (Å²) in [6, 6.07) is 10.5. The van der Waals surface area contributed by atoms with Crippen LogP contribution in [0.3, 0.4) is 0 Å². The first-order valence-electron chi connectivity index (χ1n) is 12.3. The van der Waals surface area contributed by atoms with Gasteiger partial charge in [-0.25, -0.2) is 14.8 Å². The minimum atomic E-state index is -2.90. The van der Waals surface area contributed by atoms with E-state index in [1.54, 1.807) is 0 Å². The lowest BCUT2D eigenvalue weighted by Crippen LogP contribution is -2.57. The van der Waals surface area contributed by atoms with Gasteiger partial charge in [0.25, 0.3) is 0 Å². The molecule has 1 N–H and O–H groups in total. The highest BCUT2D eigenvalue weighted by Gasteiger charge is 2.29. The summed E-state index contributed by atoms with van der Waals surface area (Å²) in [4.78, 5) is 27.3. The van der Waals surface area contributed by atoms with Crippen LogP contribution < -0.4 is 15.0 Å². The average molecular weight is 489 g/mol. The molecule has 0 bridgehead atoms. The molecule has 2 saturated heterocycles. The maximum atomic E-state index is 12.8. The van der Waals surface area contributed by atoms with E-state index in [0.29, 0.717) is 38.0 Å². The van der Waals surface area contributed by atoms with Crippen LogP contribution in [0.1, 0.15) is 31.7 Å². The molecule has 35 heavy (non-hydrogen) atoms. The Morgan fingerprint density at radius 2 is 1.83 bits per heavy atom. The summed E-state index contributed by atoms with van der Waals surface area (Å²) >= 11 is 0. The molecular weight excluding hydrogens is 454 g/mol. The van der Waals surface area contributed by atoms with Crippen molar-refractivity contribution in [2.75, 3.05) is 44.2 Å². The topological polar surface area (TPSA) is 73.8 Å². The summed E-state index contributed by atoms with van der Waals surface area (Å²) in [5.74, 6) is 1.01. The quantitative estimate of drug-likeness (QED) is 0.612.